The van der Waals surface area contributed by atoms with E-state index in [0.29, 0.717) is 43.4 Å². The molecule has 184 valence electrons. The van der Waals surface area contributed by atoms with Gasteiger partial charge >= 0.3 is 0 Å². The fourth-order valence-corrected chi connectivity index (χ4v) is 5.18. The summed E-state index contributed by atoms with van der Waals surface area (Å²) < 4.78 is 2.06. The van der Waals surface area contributed by atoms with Gasteiger partial charge in [-0.05, 0) is 43.0 Å². The van der Waals surface area contributed by atoms with E-state index in [4.69, 9.17) is 0 Å². The number of nitrogens with zero attached hydrogens (tertiary/aromatic N) is 5. The Morgan fingerprint density at radius 3 is 2.23 bits per heavy atom. The molecular formula is C27H33N5O2S. The second kappa shape index (κ2) is 11.1. The molecule has 1 aliphatic heterocycles. The third-order valence-corrected chi connectivity index (χ3v) is 7.44. The Morgan fingerprint density at radius 2 is 1.60 bits per heavy atom. The molecular weight excluding hydrogens is 458 g/mol. The number of carbonyl (C=O) groups excluding carboxylic acids is 2. The third kappa shape index (κ3) is 5.59. The van der Waals surface area contributed by atoms with Crippen molar-refractivity contribution < 1.29 is 9.59 Å². The SMILES string of the molecule is CCn1c(SCC(=O)N2CCN(C(=O)c3ccc(C(C)C)cc3)CC2)nnc1-c1ccccc1C. The van der Waals surface area contributed by atoms with Crippen LogP contribution in [0.2, 0.25) is 0 Å². The number of rotatable bonds is 7. The van der Waals surface area contributed by atoms with Crippen LogP contribution in [0.15, 0.2) is 53.7 Å². The van der Waals surface area contributed by atoms with Crippen molar-refractivity contribution in [1.29, 1.82) is 0 Å². The van der Waals surface area contributed by atoms with Gasteiger partial charge in [0, 0.05) is 43.9 Å². The number of thioether (sulfide) groups is 1. The van der Waals surface area contributed by atoms with Crippen molar-refractivity contribution in [3.8, 4) is 11.4 Å². The van der Waals surface area contributed by atoms with Crippen molar-refractivity contribution in [3.05, 3.63) is 65.2 Å². The number of carbonyl (C=O) groups is 2. The van der Waals surface area contributed by atoms with Gasteiger partial charge in [0.25, 0.3) is 5.91 Å². The van der Waals surface area contributed by atoms with Gasteiger partial charge in [0.05, 0.1) is 5.75 Å². The van der Waals surface area contributed by atoms with Gasteiger partial charge in [-0.2, -0.15) is 0 Å². The van der Waals surface area contributed by atoms with Gasteiger partial charge in [-0.3, -0.25) is 9.59 Å². The van der Waals surface area contributed by atoms with Gasteiger partial charge in [-0.1, -0.05) is 62.0 Å². The molecule has 2 heterocycles. The summed E-state index contributed by atoms with van der Waals surface area (Å²) in [4.78, 5) is 29.5. The first-order valence-electron chi connectivity index (χ1n) is 12.2. The highest BCUT2D eigenvalue weighted by Gasteiger charge is 2.25. The van der Waals surface area contributed by atoms with Crippen molar-refractivity contribution in [1.82, 2.24) is 24.6 Å². The van der Waals surface area contributed by atoms with Gasteiger partial charge in [-0.25, -0.2) is 0 Å². The molecule has 0 aliphatic carbocycles. The first-order chi connectivity index (χ1) is 16.9. The number of aryl methyl sites for hydroxylation is 1. The van der Waals surface area contributed by atoms with Crippen molar-refractivity contribution in [2.24, 2.45) is 0 Å². The van der Waals surface area contributed by atoms with Crippen LogP contribution in [-0.2, 0) is 11.3 Å². The van der Waals surface area contributed by atoms with Crippen LogP contribution < -0.4 is 0 Å². The van der Waals surface area contributed by atoms with Crippen molar-refractivity contribution in [3.63, 3.8) is 0 Å². The van der Waals surface area contributed by atoms with E-state index in [-0.39, 0.29) is 11.8 Å². The molecule has 1 fully saturated rings. The van der Waals surface area contributed by atoms with Crippen LogP contribution in [-0.4, -0.2) is 68.3 Å². The minimum Gasteiger partial charge on any atom is -0.338 e. The summed E-state index contributed by atoms with van der Waals surface area (Å²) in [5.74, 6) is 1.66. The van der Waals surface area contributed by atoms with E-state index in [1.54, 1.807) is 0 Å². The van der Waals surface area contributed by atoms with Crippen molar-refractivity contribution >= 4 is 23.6 Å². The topological polar surface area (TPSA) is 71.3 Å². The van der Waals surface area contributed by atoms with Gasteiger partial charge in [0.15, 0.2) is 11.0 Å². The number of hydrogen-bond acceptors (Lipinski definition) is 5. The summed E-state index contributed by atoms with van der Waals surface area (Å²) >= 11 is 1.42. The lowest BCUT2D eigenvalue weighted by Gasteiger charge is -2.34. The van der Waals surface area contributed by atoms with Crippen LogP contribution >= 0.6 is 11.8 Å². The van der Waals surface area contributed by atoms with Gasteiger partial charge in [-0.15, -0.1) is 10.2 Å². The largest absolute Gasteiger partial charge is 0.338 e. The molecule has 0 saturated carbocycles. The fraction of sp³-hybridized carbons (Fsp3) is 0.407. The first-order valence-corrected chi connectivity index (χ1v) is 13.2. The molecule has 0 unspecified atom stereocenters. The van der Waals surface area contributed by atoms with Crippen LogP contribution in [0.3, 0.4) is 0 Å². The Hall–Kier alpha value is -3.13. The number of hydrogen-bond donors (Lipinski definition) is 0. The molecule has 0 bridgehead atoms. The van der Waals surface area contributed by atoms with Crippen LogP contribution in [0.5, 0.6) is 0 Å². The van der Waals surface area contributed by atoms with E-state index < -0.39 is 0 Å². The second-order valence-electron chi connectivity index (χ2n) is 9.10. The highest BCUT2D eigenvalue weighted by Crippen LogP contribution is 2.26. The number of amides is 2. The van der Waals surface area contributed by atoms with Crippen LogP contribution in [0.1, 0.15) is 48.2 Å². The minimum atomic E-state index is 0.0292. The monoisotopic (exact) mass is 491 g/mol. The Bertz CT molecular complexity index is 1180. The summed E-state index contributed by atoms with van der Waals surface area (Å²) in [6.45, 7) is 11.3. The van der Waals surface area contributed by atoms with E-state index in [1.165, 1.54) is 17.3 Å². The molecule has 7 nitrogen and oxygen atoms in total. The van der Waals surface area contributed by atoms with Gasteiger partial charge in [0.1, 0.15) is 0 Å². The smallest absolute Gasteiger partial charge is 0.253 e. The third-order valence-electron chi connectivity index (χ3n) is 6.49. The fourth-order valence-electron chi connectivity index (χ4n) is 4.27. The molecule has 2 aromatic carbocycles. The molecule has 4 rings (SSSR count). The van der Waals surface area contributed by atoms with Crippen molar-refractivity contribution in [2.75, 3.05) is 31.9 Å². The maximum absolute atomic E-state index is 12.9. The number of aromatic nitrogens is 3. The van der Waals surface area contributed by atoms with E-state index in [2.05, 4.69) is 48.5 Å². The first kappa shape index (κ1) is 25.0. The molecule has 0 radical (unpaired) electrons. The lowest BCUT2D eigenvalue weighted by Crippen LogP contribution is -2.51. The Balaban J connectivity index is 1.32. The van der Waals surface area contributed by atoms with Crippen LogP contribution in [0.4, 0.5) is 0 Å². The highest BCUT2D eigenvalue weighted by atomic mass is 32.2. The van der Waals surface area contributed by atoms with Crippen molar-refractivity contribution in [2.45, 2.75) is 45.3 Å². The van der Waals surface area contributed by atoms with Gasteiger partial charge in [0.2, 0.25) is 5.91 Å². The molecule has 1 saturated heterocycles. The predicted octanol–water partition coefficient (Wildman–Crippen LogP) is 4.47. The summed E-state index contributed by atoms with van der Waals surface area (Å²) in [7, 11) is 0. The second-order valence-corrected chi connectivity index (χ2v) is 10.0. The maximum atomic E-state index is 12.9. The van der Waals surface area contributed by atoms with Crippen LogP contribution in [0, 0.1) is 6.92 Å². The molecule has 0 atom stereocenters. The Kier molecular flexibility index (Phi) is 7.90. The zero-order valence-corrected chi connectivity index (χ0v) is 21.7. The Labute approximate surface area is 211 Å². The average Bonchev–Trinajstić information content (AvgIpc) is 3.30. The molecule has 35 heavy (non-hydrogen) atoms. The minimum absolute atomic E-state index is 0.0292. The molecule has 0 N–H and O–H groups in total. The molecule has 0 spiro atoms. The molecule has 3 aromatic rings. The van der Waals surface area contributed by atoms with E-state index in [1.807, 2.05) is 52.3 Å². The van der Waals surface area contributed by atoms with Gasteiger partial charge < -0.3 is 14.4 Å². The predicted molar refractivity (Wildman–Crippen MR) is 140 cm³/mol. The lowest BCUT2D eigenvalue weighted by atomic mass is 10.0. The summed E-state index contributed by atoms with van der Waals surface area (Å²) in [6, 6.07) is 16.0. The normalized spacial score (nSPS) is 14.0. The van der Waals surface area contributed by atoms with E-state index in [0.717, 1.165) is 28.7 Å². The highest BCUT2D eigenvalue weighted by molar-refractivity contribution is 7.99. The molecule has 2 amide bonds. The van der Waals surface area contributed by atoms with E-state index >= 15 is 0 Å². The van der Waals surface area contributed by atoms with Crippen LogP contribution in [0.25, 0.3) is 11.4 Å². The standard InChI is InChI=1S/C27H33N5O2S/c1-5-32-25(23-9-7-6-8-20(23)4)28-29-27(32)35-18-24(33)30-14-16-31(17-15-30)26(34)22-12-10-21(11-13-22)19(2)3/h6-13,19H,5,14-18H2,1-4H3. The zero-order chi connectivity index (χ0) is 24.9. The quantitative estimate of drug-likeness (QED) is 0.456. The summed E-state index contributed by atoms with van der Waals surface area (Å²) in [5, 5.41) is 9.51. The molecule has 1 aliphatic rings. The summed E-state index contributed by atoms with van der Waals surface area (Å²) in [5.41, 5.74) is 4.12. The maximum Gasteiger partial charge on any atom is 0.253 e. The molecule has 1 aromatic heterocycles. The average molecular weight is 492 g/mol. The number of benzene rings is 2. The zero-order valence-electron chi connectivity index (χ0n) is 20.9. The number of piperazine rings is 1. The summed E-state index contributed by atoms with van der Waals surface area (Å²) in [6.07, 6.45) is 0. The molecule has 8 heteroatoms. The lowest BCUT2D eigenvalue weighted by molar-refractivity contribution is -0.129. The Morgan fingerprint density at radius 1 is 0.943 bits per heavy atom. The van der Waals surface area contributed by atoms with E-state index in [9.17, 15) is 9.59 Å².